The van der Waals surface area contributed by atoms with Crippen LogP contribution in [-0.2, 0) is 6.54 Å². The molecule has 2 aliphatic rings. The highest BCUT2D eigenvalue weighted by Crippen LogP contribution is 2.30. The lowest BCUT2D eigenvalue weighted by Crippen LogP contribution is -2.28. The lowest BCUT2D eigenvalue weighted by atomic mass is 10.1. The first-order valence-corrected chi connectivity index (χ1v) is 8.59. The van der Waals surface area contributed by atoms with Crippen LogP contribution in [0.1, 0.15) is 22.3 Å². The highest BCUT2D eigenvalue weighted by atomic mass is 35.5. The van der Waals surface area contributed by atoms with Gasteiger partial charge in [-0.25, -0.2) is 4.99 Å². The summed E-state index contributed by atoms with van der Waals surface area (Å²) in [5.74, 6) is 0.914. The predicted molar refractivity (Wildman–Crippen MR) is 106 cm³/mol. The first-order chi connectivity index (χ1) is 12.5. The van der Waals surface area contributed by atoms with Crippen LogP contribution in [0.4, 0.5) is 5.69 Å². The lowest BCUT2D eigenvalue weighted by Gasteiger charge is -2.21. The van der Waals surface area contributed by atoms with Crippen LogP contribution in [-0.4, -0.2) is 23.4 Å². The van der Waals surface area contributed by atoms with E-state index >= 15 is 0 Å². The number of amidine groups is 2. The first-order valence-electron chi connectivity index (χ1n) is 8.21. The fourth-order valence-electron chi connectivity index (χ4n) is 3.00. The number of aliphatic hydroxyl groups is 1. The topological polar surface area (TPSA) is 95.0 Å². The van der Waals surface area contributed by atoms with E-state index in [9.17, 15) is 5.11 Å². The van der Waals surface area contributed by atoms with Gasteiger partial charge in [-0.05, 0) is 24.6 Å². The molecule has 0 fully saturated rings. The van der Waals surface area contributed by atoms with Gasteiger partial charge in [0.1, 0.15) is 12.5 Å². The summed E-state index contributed by atoms with van der Waals surface area (Å²) in [6.45, 7) is 2.90. The summed E-state index contributed by atoms with van der Waals surface area (Å²) < 4.78 is 0. The van der Waals surface area contributed by atoms with Gasteiger partial charge in [0, 0.05) is 11.1 Å². The minimum atomic E-state index is 0.0485. The number of aliphatic hydroxyl groups excluding tert-OH is 1. The largest absolute Gasteiger partial charge is 0.503 e. The van der Waals surface area contributed by atoms with Crippen molar-refractivity contribution in [2.24, 2.45) is 15.7 Å². The van der Waals surface area contributed by atoms with E-state index in [1.807, 2.05) is 37.3 Å². The number of aryl methyl sites for hydroxylation is 1. The highest BCUT2D eigenvalue weighted by molar-refractivity contribution is 6.34. The first kappa shape index (κ1) is 16.5. The second-order valence-electron chi connectivity index (χ2n) is 6.25. The molecular formula is C19H18ClN5O. The van der Waals surface area contributed by atoms with Gasteiger partial charge in [-0.3, -0.25) is 4.99 Å². The van der Waals surface area contributed by atoms with Crippen LogP contribution in [0.15, 0.2) is 52.1 Å². The number of hydrogen-bond acceptors (Lipinski definition) is 6. The minimum Gasteiger partial charge on any atom is -0.503 e. The smallest absolute Gasteiger partial charge is 0.182 e. The Morgan fingerprint density at radius 2 is 1.96 bits per heavy atom. The Labute approximate surface area is 156 Å². The number of anilines is 1. The van der Waals surface area contributed by atoms with E-state index in [4.69, 9.17) is 17.3 Å². The third kappa shape index (κ3) is 2.88. The van der Waals surface area contributed by atoms with Crippen LogP contribution < -0.4 is 16.4 Å². The van der Waals surface area contributed by atoms with Crippen LogP contribution in [0.2, 0.25) is 5.02 Å². The van der Waals surface area contributed by atoms with Gasteiger partial charge in [0.25, 0.3) is 0 Å². The molecule has 132 valence electrons. The second-order valence-corrected chi connectivity index (χ2v) is 6.65. The third-order valence-corrected chi connectivity index (χ3v) is 4.75. The van der Waals surface area contributed by atoms with Crippen molar-refractivity contribution in [1.29, 1.82) is 0 Å². The number of aliphatic imine (C=N–C) groups is 2. The zero-order valence-electron chi connectivity index (χ0n) is 14.2. The molecule has 0 radical (unpaired) electrons. The van der Waals surface area contributed by atoms with E-state index in [0.29, 0.717) is 41.3 Å². The van der Waals surface area contributed by atoms with Crippen molar-refractivity contribution in [3.63, 3.8) is 0 Å². The molecular weight excluding hydrogens is 350 g/mol. The van der Waals surface area contributed by atoms with Gasteiger partial charge in [-0.15, -0.1) is 0 Å². The highest BCUT2D eigenvalue weighted by Gasteiger charge is 2.21. The molecule has 0 unspecified atom stereocenters. The Morgan fingerprint density at radius 3 is 2.73 bits per heavy atom. The Hall–Kier alpha value is -2.99. The number of fused-ring (bicyclic) bond motifs is 1. The summed E-state index contributed by atoms with van der Waals surface area (Å²) in [7, 11) is 0. The van der Waals surface area contributed by atoms with Crippen molar-refractivity contribution in [3.05, 3.63) is 69.4 Å². The van der Waals surface area contributed by atoms with Crippen molar-refractivity contribution in [3.8, 4) is 0 Å². The number of halogens is 1. The molecule has 0 aliphatic carbocycles. The summed E-state index contributed by atoms with van der Waals surface area (Å²) in [6.07, 6.45) is 0. The molecule has 2 aromatic carbocycles. The van der Waals surface area contributed by atoms with Gasteiger partial charge in [0.15, 0.2) is 11.6 Å². The molecule has 4 rings (SSSR count). The second kappa shape index (κ2) is 6.38. The van der Waals surface area contributed by atoms with Crippen LogP contribution >= 0.6 is 11.6 Å². The number of nitrogens with zero attached hydrogens (tertiary/aromatic N) is 2. The number of benzene rings is 2. The van der Waals surface area contributed by atoms with Crippen molar-refractivity contribution in [2.75, 3.05) is 12.0 Å². The van der Waals surface area contributed by atoms with Gasteiger partial charge in [0.2, 0.25) is 0 Å². The molecule has 2 heterocycles. The maximum Gasteiger partial charge on any atom is 0.182 e. The number of rotatable bonds is 2. The Kier molecular flexibility index (Phi) is 4.05. The molecule has 0 spiro atoms. The van der Waals surface area contributed by atoms with Crippen molar-refractivity contribution in [1.82, 2.24) is 5.32 Å². The Bertz CT molecular complexity index is 976. The van der Waals surface area contributed by atoms with Crippen molar-refractivity contribution >= 4 is 34.7 Å². The molecule has 5 N–H and O–H groups in total. The van der Waals surface area contributed by atoms with Crippen molar-refractivity contribution in [2.45, 2.75) is 13.5 Å². The molecule has 0 aromatic heterocycles. The van der Waals surface area contributed by atoms with Crippen LogP contribution in [0.3, 0.4) is 0 Å². The molecule has 2 aliphatic heterocycles. The van der Waals surface area contributed by atoms with Crippen LogP contribution in [0.25, 0.3) is 5.70 Å². The summed E-state index contributed by atoms with van der Waals surface area (Å²) in [5, 5.41) is 17.4. The predicted octanol–water partition coefficient (Wildman–Crippen LogP) is 3.17. The molecule has 0 saturated heterocycles. The quantitative estimate of drug-likeness (QED) is 0.655. The van der Waals surface area contributed by atoms with E-state index in [0.717, 1.165) is 22.3 Å². The maximum atomic E-state index is 10.7. The molecule has 26 heavy (non-hydrogen) atoms. The van der Waals surface area contributed by atoms with Gasteiger partial charge in [-0.1, -0.05) is 41.4 Å². The Morgan fingerprint density at radius 1 is 1.19 bits per heavy atom. The van der Waals surface area contributed by atoms with E-state index in [2.05, 4.69) is 20.6 Å². The molecule has 6 nitrogen and oxygen atoms in total. The van der Waals surface area contributed by atoms with Gasteiger partial charge >= 0.3 is 0 Å². The summed E-state index contributed by atoms with van der Waals surface area (Å²) in [6, 6.07) is 11.6. The van der Waals surface area contributed by atoms with E-state index < -0.39 is 0 Å². The van der Waals surface area contributed by atoms with Crippen molar-refractivity contribution < 1.29 is 5.11 Å². The molecule has 2 aromatic rings. The van der Waals surface area contributed by atoms with E-state index in [1.54, 1.807) is 6.07 Å². The normalized spacial score (nSPS) is 15.9. The summed E-state index contributed by atoms with van der Waals surface area (Å²) in [5.41, 5.74) is 11.0. The van der Waals surface area contributed by atoms with Crippen LogP contribution in [0.5, 0.6) is 0 Å². The number of hydrogen-bond donors (Lipinski definition) is 4. The Balaban J connectivity index is 1.65. The van der Waals surface area contributed by atoms with Gasteiger partial charge < -0.3 is 21.5 Å². The molecule has 0 amide bonds. The molecule has 7 heteroatoms. The zero-order valence-corrected chi connectivity index (χ0v) is 14.9. The van der Waals surface area contributed by atoms with Gasteiger partial charge in [-0.2, -0.15) is 0 Å². The molecule has 0 atom stereocenters. The van der Waals surface area contributed by atoms with Crippen LogP contribution in [0, 0.1) is 6.92 Å². The average Bonchev–Trinajstić information content (AvgIpc) is 2.98. The van der Waals surface area contributed by atoms with Gasteiger partial charge in [0.05, 0.1) is 23.0 Å². The minimum absolute atomic E-state index is 0.0485. The monoisotopic (exact) mass is 367 g/mol. The molecule has 0 bridgehead atoms. The number of nitrogens with one attached hydrogen (secondary N) is 2. The fourth-order valence-corrected chi connectivity index (χ4v) is 3.21. The van der Waals surface area contributed by atoms with E-state index in [-0.39, 0.29) is 5.76 Å². The standard InChI is InChI=1S/C19H18ClN5O/c1-10-2-4-11(5-3-10)16-17(26)19(24-9-23-16)25-15-6-12-8-22-18(21)13(12)7-14(15)20/h2-7,23,26H,8-9H2,1H3,(H2,21,22)(H,24,25). The summed E-state index contributed by atoms with van der Waals surface area (Å²) >= 11 is 6.37. The fraction of sp³-hybridized carbons (Fsp3) is 0.158. The zero-order chi connectivity index (χ0) is 18.3. The SMILES string of the molecule is Cc1ccc(C2=C(O)C(Nc3cc4c(cc3Cl)C(N)=NC4)=NCN2)cc1. The molecule has 0 saturated carbocycles. The number of nitrogens with two attached hydrogens (primary N) is 1. The maximum absolute atomic E-state index is 10.7. The van der Waals surface area contributed by atoms with E-state index in [1.165, 1.54) is 0 Å². The average molecular weight is 368 g/mol. The third-order valence-electron chi connectivity index (χ3n) is 4.44. The summed E-state index contributed by atoms with van der Waals surface area (Å²) in [4.78, 5) is 8.54. The lowest BCUT2D eigenvalue weighted by molar-refractivity contribution is 0.439.